The molecule has 2 heterocycles. The van der Waals surface area contributed by atoms with Crippen molar-refractivity contribution >= 4 is 29.3 Å². The third-order valence-electron chi connectivity index (χ3n) is 4.34. The number of aromatic nitrogens is 2. The first-order chi connectivity index (χ1) is 10.4. The minimum atomic E-state index is 0.0647. The van der Waals surface area contributed by atoms with Crippen LogP contribution in [-0.2, 0) is 0 Å². The van der Waals surface area contributed by atoms with Gasteiger partial charge >= 0.3 is 0 Å². The van der Waals surface area contributed by atoms with E-state index in [2.05, 4.69) is 73.7 Å². The zero-order valence-corrected chi connectivity index (χ0v) is 13.3. The van der Waals surface area contributed by atoms with E-state index >= 15 is 0 Å². The van der Waals surface area contributed by atoms with E-state index in [1.54, 1.807) is 0 Å². The van der Waals surface area contributed by atoms with E-state index in [1.165, 1.54) is 11.1 Å². The Hall–Kier alpha value is -2.49. The summed E-state index contributed by atoms with van der Waals surface area (Å²) in [6, 6.07) is 4.34. The molecule has 1 aromatic heterocycles. The number of imidazole rings is 1. The zero-order valence-electron chi connectivity index (χ0n) is 13.3. The van der Waals surface area contributed by atoms with Gasteiger partial charge in [-0.05, 0) is 49.3 Å². The lowest BCUT2D eigenvalue weighted by Crippen LogP contribution is -2.22. The van der Waals surface area contributed by atoms with Crippen LogP contribution < -0.4 is 21.5 Å². The van der Waals surface area contributed by atoms with Gasteiger partial charge in [0.05, 0.1) is 22.4 Å². The predicted octanol–water partition coefficient (Wildman–Crippen LogP) is 2.46. The van der Waals surface area contributed by atoms with Crippen LogP contribution in [0.1, 0.15) is 30.7 Å². The van der Waals surface area contributed by atoms with Gasteiger partial charge in [-0.3, -0.25) is 0 Å². The van der Waals surface area contributed by atoms with Crippen LogP contribution in [0.25, 0.3) is 18.0 Å². The molecule has 0 bridgehead atoms. The van der Waals surface area contributed by atoms with Crippen LogP contribution in [0, 0.1) is 19.3 Å². The summed E-state index contributed by atoms with van der Waals surface area (Å²) in [7, 11) is 0. The Bertz CT molecular complexity index is 896. The third-order valence-corrected chi connectivity index (χ3v) is 4.34. The van der Waals surface area contributed by atoms with Gasteiger partial charge in [0, 0.05) is 5.41 Å². The van der Waals surface area contributed by atoms with Crippen LogP contribution >= 0.6 is 0 Å². The molecule has 0 fully saturated rings. The van der Waals surface area contributed by atoms with Crippen molar-refractivity contribution in [2.45, 2.75) is 27.7 Å². The van der Waals surface area contributed by atoms with E-state index in [0.29, 0.717) is 0 Å². The summed E-state index contributed by atoms with van der Waals surface area (Å²) in [6.45, 7) is 8.63. The summed E-state index contributed by atoms with van der Waals surface area (Å²) < 4.78 is 0. The Morgan fingerprint density at radius 3 is 2.27 bits per heavy atom. The maximum atomic E-state index is 4.69. The Kier molecular flexibility index (Phi) is 2.55. The van der Waals surface area contributed by atoms with E-state index in [1.807, 2.05) is 0 Å². The molecule has 0 saturated carbocycles. The first kappa shape index (κ1) is 13.2. The number of hydrogen-bond donors (Lipinski definition) is 3. The molecule has 22 heavy (non-hydrogen) atoms. The minimum Gasteiger partial charge on any atom is -0.337 e. The molecule has 1 aliphatic heterocycles. The Labute approximate surface area is 129 Å². The molecule has 112 valence electrons. The second kappa shape index (κ2) is 4.26. The monoisotopic (exact) mass is 292 g/mol. The number of benzene rings is 1. The van der Waals surface area contributed by atoms with Crippen molar-refractivity contribution < 1.29 is 0 Å². The molecule has 1 aromatic carbocycles. The largest absolute Gasteiger partial charge is 0.337 e. The molecular formula is C18H20N4. The molecule has 0 amide bonds. The van der Waals surface area contributed by atoms with E-state index in [-0.39, 0.29) is 5.41 Å². The van der Waals surface area contributed by atoms with Crippen molar-refractivity contribution in [1.29, 1.82) is 0 Å². The zero-order chi connectivity index (χ0) is 15.5. The quantitative estimate of drug-likeness (QED) is 0.699. The number of rotatable bonds is 0. The van der Waals surface area contributed by atoms with Crippen LogP contribution in [0.15, 0.2) is 18.2 Å². The van der Waals surface area contributed by atoms with Crippen molar-refractivity contribution in [2.24, 2.45) is 5.41 Å². The number of nitrogens with zero attached hydrogens (tertiary/aromatic N) is 1. The lowest BCUT2D eigenvalue weighted by atomic mass is 9.89. The molecule has 4 nitrogen and oxygen atoms in total. The SMILES string of the molecule is Cc1cc2c(cc1C)NC(=c1nc3c([nH]1)=CC(C)(C)C=C3)N2. The van der Waals surface area contributed by atoms with E-state index in [9.17, 15) is 0 Å². The van der Waals surface area contributed by atoms with Gasteiger partial charge < -0.3 is 15.6 Å². The average molecular weight is 292 g/mol. The third kappa shape index (κ3) is 2.03. The molecule has 3 N–H and O–H groups in total. The smallest absolute Gasteiger partial charge is 0.172 e. The maximum Gasteiger partial charge on any atom is 0.172 e. The fourth-order valence-corrected chi connectivity index (χ4v) is 2.91. The molecule has 0 unspecified atom stereocenters. The second-order valence-corrected chi connectivity index (χ2v) is 6.79. The number of hydrogen-bond acceptors (Lipinski definition) is 3. The normalized spacial score (nSPS) is 17.4. The number of fused-ring (bicyclic) bond motifs is 2. The van der Waals surface area contributed by atoms with Gasteiger partial charge in [0.15, 0.2) is 11.3 Å². The average Bonchev–Trinajstić information content (AvgIpc) is 3.01. The van der Waals surface area contributed by atoms with Crippen LogP contribution in [0.2, 0.25) is 0 Å². The van der Waals surface area contributed by atoms with E-state index < -0.39 is 0 Å². The van der Waals surface area contributed by atoms with Gasteiger partial charge in [0.2, 0.25) is 0 Å². The van der Waals surface area contributed by atoms with Gasteiger partial charge in [-0.2, -0.15) is 0 Å². The van der Waals surface area contributed by atoms with Gasteiger partial charge in [0.25, 0.3) is 0 Å². The number of aromatic amines is 1. The molecule has 4 heteroatoms. The van der Waals surface area contributed by atoms with Gasteiger partial charge in [-0.15, -0.1) is 0 Å². The van der Waals surface area contributed by atoms with Crippen LogP contribution in [-0.4, -0.2) is 9.97 Å². The molecule has 4 rings (SSSR count). The highest BCUT2D eigenvalue weighted by atomic mass is 15.2. The number of anilines is 2. The van der Waals surface area contributed by atoms with Gasteiger partial charge in [-0.1, -0.05) is 19.9 Å². The number of allylic oxidation sites excluding steroid dienone is 1. The first-order valence-corrected chi connectivity index (χ1v) is 7.59. The van der Waals surface area contributed by atoms with Gasteiger partial charge in [0.1, 0.15) is 0 Å². The predicted molar refractivity (Wildman–Crippen MR) is 91.7 cm³/mol. The molecule has 0 saturated heterocycles. The van der Waals surface area contributed by atoms with Crippen molar-refractivity contribution in [3.05, 3.63) is 45.9 Å². The van der Waals surface area contributed by atoms with E-state index in [4.69, 9.17) is 4.98 Å². The number of H-pyrrole nitrogens is 1. The summed E-state index contributed by atoms with van der Waals surface area (Å²) in [5.74, 6) is 0.911. The lowest BCUT2D eigenvalue weighted by Gasteiger charge is -2.16. The minimum absolute atomic E-state index is 0.0647. The second-order valence-electron chi connectivity index (χ2n) is 6.79. The maximum absolute atomic E-state index is 4.69. The number of nitrogens with one attached hydrogen (secondary N) is 3. The summed E-state index contributed by atoms with van der Waals surface area (Å²) in [6.07, 6.45) is 6.49. The molecule has 0 atom stereocenters. The fraction of sp³-hybridized carbons (Fsp3) is 0.278. The number of aryl methyl sites for hydroxylation is 2. The molecule has 2 aromatic rings. The summed E-state index contributed by atoms with van der Waals surface area (Å²) in [5, 5.41) is 7.93. The van der Waals surface area contributed by atoms with Crippen molar-refractivity contribution in [1.82, 2.24) is 9.97 Å². The van der Waals surface area contributed by atoms with Crippen molar-refractivity contribution in [3.63, 3.8) is 0 Å². The molecule has 1 aliphatic carbocycles. The van der Waals surface area contributed by atoms with Crippen molar-refractivity contribution in [3.8, 4) is 0 Å². The van der Waals surface area contributed by atoms with Gasteiger partial charge in [-0.25, -0.2) is 4.98 Å². The molecule has 0 radical (unpaired) electrons. The highest BCUT2D eigenvalue weighted by Crippen LogP contribution is 2.32. The summed E-state index contributed by atoms with van der Waals surface area (Å²) >= 11 is 0. The van der Waals surface area contributed by atoms with Crippen LogP contribution in [0.3, 0.4) is 0 Å². The van der Waals surface area contributed by atoms with Crippen molar-refractivity contribution in [2.75, 3.05) is 10.6 Å². The van der Waals surface area contributed by atoms with Crippen LogP contribution in [0.5, 0.6) is 0 Å². The summed E-state index contributed by atoms with van der Waals surface area (Å²) in [4.78, 5) is 8.11. The molecular weight excluding hydrogens is 272 g/mol. The Balaban J connectivity index is 1.83. The standard InChI is InChI=1S/C18H20N4/c1-10-7-13-14(8-11(10)2)21-17(20-13)16-19-12-5-6-18(3,4)9-15(12)22-16/h5-9,20-22H,1-4H3. The van der Waals surface area contributed by atoms with Crippen LogP contribution in [0.4, 0.5) is 11.4 Å². The highest BCUT2D eigenvalue weighted by molar-refractivity contribution is 5.91. The molecule has 0 spiro atoms. The summed E-state index contributed by atoms with van der Waals surface area (Å²) in [5.41, 5.74) is 6.68. The Morgan fingerprint density at radius 1 is 1.00 bits per heavy atom. The fourth-order valence-electron chi connectivity index (χ4n) is 2.91. The lowest BCUT2D eigenvalue weighted by molar-refractivity contribution is 0.667. The van der Waals surface area contributed by atoms with E-state index in [0.717, 1.165) is 33.7 Å². The first-order valence-electron chi connectivity index (χ1n) is 7.59. The molecule has 2 aliphatic rings. The topological polar surface area (TPSA) is 52.7 Å². The highest BCUT2D eigenvalue weighted by Gasteiger charge is 2.19. The Morgan fingerprint density at radius 2 is 1.64 bits per heavy atom.